The largest absolute Gasteiger partial charge is 0.433 e. The fourth-order valence-electron chi connectivity index (χ4n) is 1.67. The van der Waals surface area contributed by atoms with Gasteiger partial charge in [0.15, 0.2) is 0 Å². The predicted octanol–water partition coefficient (Wildman–Crippen LogP) is 4.16. The zero-order valence-corrected chi connectivity index (χ0v) is 13.2. The Hall–Kier alpha value is -1.41. The Morgan fingerprint density at radius 1 is 1.43 bits per heavy atom. The van der Waals surface area contributed by atoms with E-state index in [4.69, 9.17) is 0 Å². The molecule has 0 spiro atoms. The molecule has 0 radical (unpaired) electrons. The van der Waals surface area contributed by atoms with Gasteiger partial charge < -0.3 is 5.32 Å². The first-order valence-corrected chi connectivity index (χ1v) is 7.50. The van der Waals surface area contributed by atoms with Crippen molar-refractivity contribution in [2.24, 2.45) is 0 Å². The zero-order chi connectivity index (χ0) is 15.6. The van der Waals surface area contributed by atoms with Gasteiger partial charge in [-0.3, -0.25) is 4.79 Å². The van der Waals surface area contributed by atoms with Gasteiger partial charge in [-0.25, -0.2) is 4.98 Å². The minimum Gasteiger partial charge on any atom is -0.347 e. The van der Waals surface area contributed by atoms with Crippen LogP contribution in [-0.2, 0) is 12.7 Å². The Balaban J connectivity index is 2.09. The van der Waals surface area contributed by atoms with E-state index in [1.807, 2.05) is 11.4 Å². The van der Waals surface area contributed by atoms with E-state index in [1.54, 1.807) is 0 Å². The fraction of sp³-hybridized carbons (Fsp3) is 0.231. The van der Waals surface area contributed by atoms with Crippen molar-refractivity contribution in [3.63, 3.8) is 0 Å². The number of rotatable bonds is 3. The van der Waals surface area contributed by atoms with E-state index >= 15 is 0 Å². The average molecular weight is 379 g/mol. The van der Waals surface area contributed by atoms with Crippen LogP contribution >= 0.6 is 27.3 Å². The summed E-state index contributed by atoms with van der Waals surface area (Å²) in [5, 5.41) is 4.54. The molecule has 0 atom stereocenters. The molecule has 2 aromatic rings. The molecule has 1 N–H and O–H groups in total. The van der Waals surface area contributed by atoms with Crippen molar-refractivity contribution in [2.45, 2.75) is 19.6 Å². The molecule has 0 fully saturated rings. The van der Waals surface area contributed by atoms with E-state index in [0.29, 0.717) is 6.54 Å². The van der Waals surface area contributed by atoms with Gasteiger partial charge in [-0.2, -0.15) is 13.2 Å². The Kier molecular flexibility index (Phi) is 4.67. The van der Waals surface area contributed by atoms with Crippen LogP contribution in [0, 0.1) is 6.92 Å². The highest BCUT2D eigenvalue weighted by molar-refractivity contribution is 9.10. The lowest BCUT2D eigenvalue weighted by Crippen LogP contribution is -2.24. The van der Waals surface area contributed by atoms with E-state index in [0.717, 1.165) is 21.5 Å². The van der Waals surface area contributed by atoms with E-state index in [1.165, 1.54) is 18.3 Å². The minimum atomic E-state index is -4.51. The summed E-state index contributed by atoms with van der Waals surface area (Å²) in [6.45, 7) is 1.70. The Bertz CT molecular complexity index is 670. The van der Waals surface area contributed by atoms with Gasteiger partial charge in [0.05, 0.1) is 17.8 Å². The van der Waals surface area contributed by atoms with Crippen LogP contribution in [0.5, 0.6) is 0 Å². The lowest BCUT2D eigenvalue weighted by atomic mass is 10.1. The molecular weight excluding hydrogens is 369 g/mol. The third kappa shape index (κ3) is 4.04. The highest BCUT2D eigenvalue weighted by Crippen LogP contribution is 2.28. The van der Waals surface area contributed by atoms with E-state index in [-0.39, 0.29) is 11.3 Å². The van der Waals surface area contributed by atoms with Gasteiger partial charge in [0.25, 0.3) is 5.91 Å². The van der Waals surface area contributed by atoms with Crippen molar-refractivity contribution >= 4 is 33.2 Å². The second kappa shape index (κ2) is 6.15. The number of pyridine rings is 1. The average Bonchev–Trinajstić information content (AvgIpc) is 2.80. The molecule has 3 nitrogen and oxygen atoms in total. The molecular formula is C13H10BrF3N2OS. The second-order valence-electron chi connectivity index (χ2n) is 4.24. The monoisotopic (exact) mass is 378 g/mol. The Morgan fingerprint density at radius 3 is 2.67 bits per heavy atom. The summed E-state index contributed by atoms with van der Waals surface area (Å²) in [6, 6.07) is 3.82. The number of hydrogen-bond donors (Lipinski definition) is 1. The van der Waals surface area contributed by atoms with Gasteiger partial charge in [0, 0.05) is 14.7 Å². The molecule has 112 valence electrons. The molecule has 2 aromatic heterocycles. The number of nitrogens with one attached hydrogen (secondary N) is 1. The van der Waals surface area contributed by atoms with Crippen molar-refractivity contribution in [1.29, 1.82) is 0 Å². The van der Waals surface area contributed by atoms with Crippen molar-refractivity contribution < 1.29 is 18.0 Å². The molecule has 0 aliphatic rings. The molecule has 1 amide bonds. The highest BCUT2D eigenvalue weighted by Gasteiger charge is 2.33. The zero-order valence-electron chi connectivity index (χ0n) is 10.8. The number of thiophene rings is 1. The molecule has 0 aliphatic heterocycles. The number of aromatic nitrogens is 1. The normalized spacial score (nSPS) is 11.5. The maximum Gasteiger partial charge on any atom is 0.433 e. The van der Waals surface area contributed by atoms with Crippen molar-refractivity contribution in [2.75, 3.05) is 0 Å². The summed E-state index contributed by atoms with van der Waals surface area (Å²) in [7, 11) is 0. The predicted molar refractivity (Wildman–Crippen MR) is 77.2 cm³/mol. The first-order chi connectivity index (χ1) is 9.77. The molecule has 8 heteroatoms. The molecule has 0 unspecified atom stereocenters. The molecule has 0 bridgehead atoms. The summed E-state index contributed by atoms with van der Waals surface area (Å²) in [5.41, 5.74) is -0.813. The van der Waals surface area contributed by atoms with Crippen LogP contribution < -0.4 is 5.32 Å². The highest BCUT2D eigenvalue weighted by atomic mass is 79.9. The maximum absolute atomic E-state index is 12.5. The number of hydrogen-bond acceptors (Lipinski definition) is 3. The number of halogens is 4. The van der Waals surface area contributed by atoms with E-state index in [9.17, 15) is 18.0 Å². The van der Waals surface area contributed by atoms with Crippen molar-refractivity contribution in [3.8, 4) is 0 Å². The van der Waals surface area contributed by atoms with E-state index in [2.05, 4.69) is 26.2 Å². The van der Waals surface area contributed by atoms with Crippen LogP contribution in [0.15, 0.2) is 28.1 Å². The third-order valence-corrected chi connectivity index (χ3v) is 4.36. The lowest BCUT2D eigenvalue weighted by molar-refractivity contribution is -0.141. The number of carbonyl (C=O) groups is 1. The lowest BCUT2D eigenvalue weighted by Gasteiger charge is -2.10. The summed E-state index contributed by atoms with van der Waals surface area (Å²) in [5.74, 6) is -0.446. The quantitative estimate of drug-likeness (QED) is 0.870. The van der Waals surface area contributed by atoms with Gasteiger partial charge in [-0.15, -0.1) is 11.3 Å². The molecule has 2 rings (SSSR count). The fourth-order valence-corrected chi connectivity index (χ4v) is 3.06. The van der Waals surface area contributed by atoms with Crippen LogP contribution in [0.1, 0.15) is 26.6 Å². The van der Waals surface area contributed by atoms with Crippen LogP contribution in [0.25, 0.3) is 0 Å². The number of nitrogens with zero attached hydrogens (tertiary/aromatic N) is 1. The first kappa shape index (κ1) is 16.0. The Labute approximate surface area is 131 Å². The van der Waals surface area contributed by atoms with Gasteiger partial charge in [0.2, 0.25) is 0 Å². The number of amides is 1. The van der Waals surface area contributed by atoms with Crippen molar-refractivity contribution in [3.05, 3.63) is 49.9 Å². The summed E-state index contributed by atoms with van der Waals surface area (Å²) >= 11 is 4.77. The van der Waals surface area contributed by atoms with Crippen LogP contribution in [0.4, 0.5) is 13.2 Å². The van der Waals surface area contributed by atoms with Crippen LogP contribution in [-0.4, -0.2) is 10.9 Å². The summed E-state index contributed by atoms with van der Waals surface area (Å²) in [4.78, 5) is 16.3. The summed E-state index contributed by atoms with van der Waals surface area (Å²) in [6.07, 6.45) is -4.51. The van der Waals surface area contributed by atoms with Gasteiger partial charge in [-0.1, -0.05) is 0 Å². The SMILES string of the molecule is Cc1nc(C(F)(F)F)ccc1C(=O)NCc1cc(Br)cs1. The molecule has 0 saturated carbocycles. The molecule has 2 heterocycles. The third-order valence-electron chi connectivity index (χ3n) is 2.67. The molecule has 0 saturated heterocycles. The number of alkyl halides is 3. The van der Waals surface area contributed by atoms with Crippen molar-refractivity contribution in [1.82, 2.24) is 10.3 Å². The maximum atomic E-state index is 12.5. The molecule has 0 aromatic carbocycles. The standard InChI is InChI=1S/C13H10BrF3N2OS/c1-7-10(2-3-11(19-7)13(15,16)17)12(20)18-5-9-4-8(14)6-21-9/h2-4,6H,5H2,1H3,(H,18,20). The minimum absolute atomic E-state index is 0.0506. The summed E-state index contributed by atoms with van der Waals surface area (Å²) < 4.78 is 38.4. The Morgan fingerprint density at radius 2 is 2.14 bits per heavy atom. The topological polar surface area (TPSA) is 42.0 Å². The number of aryl methyl sites for hydroxylation is 1. The van der Waals surface area contributed by atoms with Gasteiger partial charge in [0.1, 0.15) is 5.69 Å². The van der Waals surface area contributed by atoms with Crippen LogP contribution in [0.2, 0.25) is 0 Å². The molecule has 0 aliphatic carbocycles. The van der Waals surface area contributed by atoms with E-state index < -0.39 is 17.8 Å². The second-order valence-corrected chi connectivity index (χ2v) is 6.15. The van der Waals surface area contributed by atoms with Gasteiger partial charge >= 0.3 is 6.18 Å². The molecule has 21 heavy (non-hydrogen) atoms. The smallest absolute Gasteiger partial charge is 0.347 e. The van der Waals surface area contributed by atoms with Gasteiger partial charge in [-0.05, 0) is 41.1 Å². The van der Waals surface area contributed by atoms with Crippen LogP contribution in [0.3, 0.4) is 0 Å². The number of carbonyl (C=O) groups excluding carboxylic acids is 1. The first-order valence-electron chi connectivity index (χ1n) is 5.83.